The molecule has 0 saturated carbocycles. The normalized spacial score (nSPS) is 11.0. The number of rotatable bonds is 2. The van der Waals surface area contributed by atoms with Gasteiger partial charge in [0.2, 0.25) is 5.91 Å². The number of aromatic amines is 1. The van der Waals surface area contributed by atoms with E-state index in [-0.39, 0.29) is 5.56 Å². The fourth-order valence-electron chi connectivity index (χ4n) is 2.21. The molecule has 0 radical (unpaired) electrons. The van der Waals surface area contributed by atoms with Crippen molar-refractivity contribution in [2.24, 2.45) is 5.73 Å². The minimum Gasteiger partial charge on any atom is -0.366 e. The van der Waals surface area contributed by atoms with E-state index >= 15 is 0 Å². The topological polar surface area (TPSA) is 88.8 Å². The number of H-pyrrole nitrogens is 1. The molecule has 2 heterocycles. The lowest BCUT2D eigenvalue weighted by atomic mass is 10.1. The number of aryl methyl sites for hydroxylation is 2. The van der Waals surface area contributed by atoms with Crippen molar-refractivity contribution in [1.29, 1.82) is 0 Å². The Morgan fingerprint density at radius 3 is 2.81 bits per heavy atom. The van der Waals surface area contributed by atoms with E-state index in [1.54, 1.807) is 24.3 Å². The number of carbonyl (C=O) groups is 1. The van der Waals surface area contributed by atoms with E-state index in [4.69, 9.17) is 5.73 Å². The predicted molar refractivity (Wildman–Crippen MR) is 83.7 cm³/mol. The minimum atomic E-state index is -0.511. The monoisotopic (exact) mass is 299 g/mol. The van der Waals surface area contributed by atoms with Crippen molar-refractivity contribution in [3.05, 3.63) is 50.6 Å². The van der Waals surface area contributed by atoms with E-state index in [1.807, 2.05) is 13.8 Å². The van der Waals surface area contributed by atoms with Gasteiger partial charge in [0.05, 0.1) is 5.39 Å². The van der Waals surface area contributed by atoms with Crippen LogP contribution in [0.4, 0.5) is 0 Å². The Hall–Kier alpha value is -2.47. The third kappa shape index (κ3) is 2.23. The quantitative estimate of drug-likeness (QED) is 0.761. The van der Waals surface area contributed by atoms with Gasteiger partial charge in [-0.15, -0.1) is 11.3 Å². The number of aromatic nitrogens is 2. The fourth-order valence-corrected chi connectivity index (χ4v) is 3.24. The Morgan fingerprint density at radius 1 is 1.33 bits per heavy atom. The lowest BCUT2D eigenvalue weighted by Gasteiger charge is -2.03. The molecule has 3 rings (SSSR count). The molecule has 0 atom stereocenters. The first-order valence-electron chi connectivity index (χ1n) is 6.37. The van der Waals surface area contributed by atoms with E-state index in [2.05, 4.69) is 9.97 Å². The highest BCUT2D eigenvalue weighted by Crippen LogP contribution is 2.27. The summed E-state index contributed by atoms with van der Waals surface area (Å²) in [5.41, 5.74) is 7.11. The first-order chi connectivity index (χ1) is 9.97. The molecule has 0 saturated heterocycles. The lowest BCUT2D eigenvalue weighted by Crippen LogP contribution is -2.12. The first-order valence-corrected chi connectivity index (χ1v) is 7.19. The molecule has 0 spiro atoms. The fraction of sp³-hybridized carbons (Fsp3) is 0.133. The zero-order valence-corrected chi connectivity index (χ0v) is 12.4. The molecule has 3 N–H and O–H groups in total. The smallest absolute Gasteiger partial charge is 0.260 e. The van der Waals surface area contributed by atoms with Gasteiger partial charge in [0.1, 0.15) is 10.7 Å². The molecule has 0 aliphatic heterocycles. The molecule has 0 bridgehead atoms. The second-order valence-corrected chi connectivity index (χ2v) is 6.03. The number of nitrogens with two attached hydrogens (primary N) is 1. The van der Waals surface area contributed by atoms with Crippen molar-refractivity contribution in [3.8, 4) is 11.4 Å². The number of nitrogens with zero attached hydrogens (tertiary/aromatic N) is 1. The molecule has 21 heavy (non-hydrogen) atoms. The van der Waals surface area contributed by atoms with Gasteiger partial charge in [-0.25, -0.2) is 4.98 Å². The number of hydrogen-bond acceptors (Lipinski definition) is 4. The summed E-state index contributed by atoms with van der Waals surface area (Å²) in [6.45, 7) is 3.88. The number of thiophene rings is 1. The molecule has 0 unspecified atom stereocenters. The van der Waals surface area contributed by atoms with Crippen LogP contribution in [0, 0.1) is 13.8 Å². The van der Waals surface area contributed by atoms with Crippen molar-refractivity contribution in [2.75, 3.05) is 0 Å². The van der Waals surface area contributed by atoms with Crippen molar-refractivity contribution in [3.63, 3.8) is 0 Å². The van der Waals surface area contributed by atoms with Crippen LogP contribution in [0.3, 0.4) is 0 Å². The second-order valence-electron chi connectivity index (χ2n) is 4.82. The number of benzene rings is 1. The van der Waals surface area contributed by atoms with Crippen LogP contribution < -0.4 is 11.3 Å². The van der Waals surface area contributed by atoms with Crippen LogP contribution in [0.25, 0.3) is 21.6 Å². The highest BCUT2D eigenvalue weighted by atomic mass is 32.1. The predicted octanol–water partition coefficient (Wildman–Crippen LogP) is 2.37. The third-order valence-corrected chi connectivity index (χ3v) is 4.56. The number of amides is 1. The van der Waals surface area contributed by atoms with E-state index in [1.165, 1.54) is 11.3 Å². The van der Waals surface area contributed by atoms with E-state index in [0.717, 1.165) is 10.4 Å². The summed E-state index contributed by atoms with van der Waals surface area (Å²) in [5.74, 6) is -0.0695. The average Bonchev–Trinajstić information content (AvgIpc) is 2.74. The number of carbonyl (C=O) groups excluding carboxylic acids is 1. The SMILES string of the molecule is Cc1sc2nc(-c3cccc(C(N)=O)c3)[nH]c(=O)c2c1C. The van der Waals surface area contributed by atoms with Gasteiger partial charge in [-0.3, -0.25) is 9.59 Å². The largest absolute Gasteiger partial charge is 0.366 e. The van der Waals surface area contributed by atoms with Gasteiger partial charge in [0, 0.05) is 16.0 Å². The minimum absolute atomic E-state index is 0.165. The second kappa shape index (κ2) is 4.82. The van der Waals surface area contributed by atoms with Crippen molar-refractivity contribution in [2.45, 2.75) is 13.8 Å². The van der Waals surface area contributed by atoms with E-state index < -0.39 is 5.91 Å². The number of primary amides is 1. The molecule has 0 aliphatic carbocycles. The highest BCUT2D eigenvalue weighted by molar-refractivity contribution is 7.18. The van der Waals surface area contributed by atoms with Crippen molar-refractivity contribution < 1.29 is 4.79 Å². The summed E-state index contributed by atoms with van der Waals surface area (Å²) >= 11 is 1.49. The summed E-state index contributed by atoms with van der Waals surface area (Å²) in [5, 5.41) is 0.632. The lowest BCUT2D eigenvalue weighted by molar-refractivity contribution is 0.100. The van der Waals surface area contributed by atoms with Gasteiger partial charge >= 0.3 is 0 Å². The molecule has 0 aliphatic rings. The van der Waals surface area contributed by atoms with Gasteiger partial charge in [0.15, 0.2) is 0 Å². The number of hydrogen-bond donors (Lipinski definition) is 2. The maximum absolute atomic E-state index is 12.2. The van der Waals surface area contributed by atoms with Crippen molar-refractivity contribution >= 4 is 27.5 Å². The Labute approximate surface area is 124 Å². The first kappa shape index (κ1) is 13.5. The summed E-state index contributed by atoms with van der Waals surface area (Å²) < 4.78 is 0. The molecule has 2 aromatic heterocycles. The zero-order valence-electron chi connectivity index (χ0n) is 11.6. The zero-order chi connectivity index (χ0) is 15.1. The third-order valence-electron chi connectivity index (χ3n) is 3.46. The van der Waals surface area contributed by atoms with E-state index in [0.29, 0.717) is 27.2 Å². The maximum Gasteiger partial charge on any atom is 0.260 e. The van der Waals surface area contributed by atoms with Gasteiger partial charge in [-0.1, -0.05) is 12.1 Å². The van der Waals surface area contributed by atoms with E-state index in [9.17, 15) is 9.59 Å². The average molecular weight is 299 g/mol. The molecular weight excluding hydrogens is 286 g/mol. The molecule has 106 valence electrons. The van der Waals surface area contributed by atoms with Crippen LogP contribution in [0.15, 0.2) is 29.1 Å². The molecule has 0 fully saturated rings. The van der Waals surface area contributed by atoms with Crippen LogP contribution in [0.2, 0.25) is 0 Å². The molecule has 1 amide bonds. The molecule has 3 aromatic rings. The highest BCUT2D eigenvalue weighted by Gasteiger charge is 2.13. The number of fused-ring (bicyclic) bond motifs is 1. The Morgan fingerprint density at radius 2 is 2.10 bits per heavy atom. The molecular formula is C15H13N3O2S. The molecule has 6 heteroatoms. The maximum atomic E-state index is 12.2. The van der Waals surface area contributed by atoms with Crippen LogP contribution in [-0.4, -0.2) is 15.9 Å². The Balaban J connectivity index is 2.24. The standard InChI is InChI=1S/C15H13N3O2S/c1-7-8(2)21-15-11(7)14(20)17-13(18-15)10-5-3-4-9(6-10)12(16)19/h3-6H,1-2H3,(H2,16,19)(H,17,18,20). The van der Waals surface area contributed by atoms with Crippen LogP contribution in [-0.2, 0) is 0 Å². The Bertz CT molecular complexity index is 924. The van der Waals surface area contributed by atoms with Gasteiger partial charge in [-0.2, -0.15) is 0 Å². The molecule has 5 nitrogen and oxygen atoms in total. The van der Waals surface area contributed by atoms with Crippen molar-refractivity contribution in [1.82, 2.24) is 9.97 Å². The Kier molecular flexibility index (Phi) is 3.10. The summed E-state index contributed by atoms with van der Waals surface area (Å²) in [6, 6.07) is 6.75. The van der Waals surface area contributed by atoms with Gasteiger partial charge in [-0.05, 0) is 31.5 Å². The van der Waals surface area contributed by atoms with Gasteiger partial charge in [0.25, 0.3) is 5.56 Å². The summed E-state index contributed by atoms with van der Waals surface area (Å²) in [4.78, 5) is 32.5. The summed E-state index contributed by atoms with van der Waals surface area (Å²) in [7, 11) is 0. The molecule has 1 aromatic carbocycles. The van der Waals surface area contributed by atoms with Crippen LogP contribution in [0.5, 0.6) is 0 Å². The van der Waals surface area contributed by atoms with Gasteiger partial charge < -0.3 is 10.7 Å². The number of nitrogens with one attached hydrogen (secondary N) is 1. The van der Waals surface area contributed by atoms with Crippen LogP contribution >= 0.6 is 11.3 Å². The summed E-state index contributed by atoms with van der Waals surface area (Å²) in [6.07, 6.45) is 0. The van der Waals surface area contributed by atoms with Crippen LogP contribution in [0.1, 0.15) is 20.8 Å².